The summed E-state index contributed by atoms with van der Waals surface area (Å²) in [5.74, 6) is -0.0261. The Labute approximate surface area is 128 Å². The van der Waals surface area contributed by atoms with Crippen molar-refractivity contribution in [2.24, 2.45) is 5.73 Å². The topological polar surface area (TPSA) is 73.6 Å². The van der Waals surface area contributed by atoms with E-state index in [1.807, 2.05) is 0 Å². The van der Waals surface area contributed by atoms with Gasteiger partial charge in [-0.1, -0.05) is 25.7 Å². The van der Waals surface area contributed by atoms with E-state index in [1.54, 1.807) is 7.11 Å². The molecular formula is C14H29ClN2O3. The van der Waals surface area contributed by atoms with Gasteiger partial charge in [0.25, 0.3) is 0 Å². The third-order valence-corrected chi connectivity index (χ3v) is 3.59. The van der Waals surface area contributed by atoms with E-state index in [2.05, 4.69) is 5.32 Å². The lowest BCUT2D eigenvalue weighted by Crippen LogP contribution is -2.34. The first-order valence-corrected chi connectivity index (χ1v) is 7.37. The zero-order valence-electron chi connectivity index (χ0n) is 12.4. The maximum absolute atomic E-state index is 11.6. The summed E-state index contributed by atoms with van der Waals surface area (Å²) in [7, 11) is 1.57. The monoisotopic (exact) mass is 308 g/mol. The fourth-order valence-electron chi connectivity index (χ4n) is 2.37. The zero-order chi connectivity index (χ0) is 13.9. The Morgan fingerprint density at radius 3 is 2.50 bits per heavy atom. The number of rotatable bonds is 8. The van der Waals surface area contributed by atoms with Gasteiger partial charge in [0, 0.05) is 20.2 Å². The Hall–Kier alpha value is -0.360. The highest BCUT2D eigenvalue weighted by Crippen LogP contribution is 2.19. The van der Waals surface area contributed by atoms with Crippen molar-refractivity contribution < 1.29 is 14.3 Å². The third-order valence-electron chi connectivity index (χ3n) is 3.59. The molecule has 1 atom stereocenters. The number of nitrogens with one attached hydrogen (secondary N) is 1. The van der Waals surface area contributed by atoms with E-state index >= 15 is 0 Å². The van der Waals surface area contributed by atoms with Gasteiger partial charge in [0.15, 0.2) is 0 Å². The van der Waals surface area contributed by atoms with Crippen LogP contribution in [0.4, 0.5) is 0 Å². The molecule has 0 aromatic carbocycles. The van der Waals surface area contributed by atoms with E-state index in [4.69, 9.17) is 15.2 Å². The molecule has 0 spiro atoms. The molecule has 0 saturated heterocycles. The van der Waals surface area contributed by atoms with Gasteiger partial charge in [0.05, 0.1) is 25.2 Å². The lowest BCUT2D eigenvalue weighted by atomic mass is 10.1. The molecule has 3 N–H and O–H groups in total. The van der Waals surface area contributed by atoms with Crippen molar-refractivity contribution in [2.45, 2.75) is 57.2 Å². The number of methoxy groups -OCH3 is 1. The van der Waals surface area contributed by atoms with Crippen LogP contribution in [0.3, 0.4) is 0 Å². The first-order chi connectivity index (χ1) is 9.26. The van der Waals surface area contributed by atoms with Crippen LogP contribution in [-0.4, -0.2) is 44.9 Å². The number of carbonyl (C=O) groups excluding carboxylic acids is 1. The van der Waals surface area contributed by atoms with Crippen molar-refractivity contribution in [3.8, 4) is 0 Å². The summed E-state index contributed by atoms with van der Waals surface area (Å²) in [5, 5.41) is 2.84. The highest BCUT2D eigenvalue weighted by atomic mass is 35.5. The first-order valence-electron chi connectivity index (χ1n) is 7.37. The molecule has 0 aliphatic heterocycles. The Kier molecular flexibility index (Phi) is 12.2. The number of hydrogen-bond acceptors (Lipinski definition) is 4. The van der Waals surface area contributed by atoms with Crippen LogP contribution < -0.4 is 11.1 Å². The van der Waals surface area contributed by atoms with Crippen LogP contribution >= 0.6 is 12.4 Å². The molecule has 1 aliphatic carbocycles. The molecule has 1 rings (SSSR count). The molecule has 0 aromatic rings. The average Bonchev–Trinajstić information content (AvgIpc) is 2.69. The summed E-state index contributed by atoms with van der Waals surface area (Å²) >= 11 is 0. The number of halogens is 1. The first kappa shape index (κ1) is 19.6. The van der Waals surface area contributed by atoms with Gasteiger partial charge >= 0.3 is 0 Å². The normalized spacial score (nSPS) is 17.9. The van der Waals surface area contributed by atoms with Gasteiger partial charge in [-0.2, -0.15) is 0 Å². The van der Waals surface area contributed by atoms with Gasteiger partial charge in [-0.3, -0.25) is 4.79 Å². The van der Waals surface area contributed by atoms with Crippen LogP contribution in [0.15, 0.2) is 0 Å². The highest BCUT2D eigenvalue weighted by molar-refractivity contribution is 5.85. The Morgan fingerprint density at radius 2 is 1.95 bits per heavy atom. The minimum Gasteiger partial charge on any atom is -0.380 e. The van der Waals surface area contributed by atoms with E-state index in [1.165, 1.54) is 25.7 Å². The molecule has 6 heteroatoms. The van der Waals surface area contributed by atoms with Gasteiger partial charge < -0.3 is 20.5 Å². The van der Waals surface area contributed by atoms with E-state index in [0.717, 1.165) is 12.8 Å². The van der Waals surface area contributed by atoms with Crippen LogP contribution in [0.1, 0.15) is 44.9 Å². The molecule has 1 unspecified atom stereocenters. The van der Waals surface area contributed by atoms with Crippen molar-refractivity contribution in [3.05, 3.63) is 0 Å². The van der Waals surface area contributed by atoms with Crippen molar-refractivity contribution in [2.75, 3.05) is 26.8 Å². The maximum atomic E-state index is 11.6. The Balaban J connectivity index is 0.00000361. The predicted octanol–water partition coefficient (Wildman–Crippen LogP) is 1.63. The van der Waals surface area contributed by atoms with E-state index < -0.39 is 0 Å². The number of ether oxygens (including phenoxy) is 2. The molecule has 0 heterocycles. The fraction of sp³-hybridized carbons (Fsp3) is 0.929. The standard InChI is InChI=1S/C14H28N2O3.ClH/c1-18-13(11-15)10-14(17)16-8-9-19-12-6-4-2-3-5-7-12;/h12-13H,2-11,15H2,1H3,(H,16,17);1H. The lowest BCUT2D eigenvalue weighted by molar-refractivity contribution is -0.123. The molecule has 1 saturated carbocycles. The van der Waals surface area contributed by atoms with Crippen molar-refractivity contribution in [3.63, 3.8) is 0 Å². The number of nitrogens with two attached hydrogens (primary N) is 1. The van der Waals surface area contributed by atoms with Gasteiger partial charge in [0.1, 0.15) is 0 Å². The molecule has 1 amide bonds. The maximum Gasteiger partial charge on any atom is 0.222 e. The van der Waals surface area contributed by atoms with Crippen LogP contribution in [0.5, 0.6) is 0 Å². The SMILES string of the molecule is COC(CN)CC(=O)NCCOC1CCCCCC1.Cl. The quantitative estimate of drug-likeness (QED) is 0.528. The molecule has 0 radical (unpaired) electrons. The summed E-state index contributed by atoms with van der Waals surface area (Å²) in [6, 6.07) is 0. The van der Waals surface area contributed by atoms with E-state index in [0.29, 0.717) is 32.2 Å². The summed E-state index contributed by atoms with van der Waals surface area (Å²) < 4.78 is 10.9. The van der Waals surface area contributed by atoms with Crippen LogP contribution in [-0.2, 0) is 14.3 Å². The Morgan fingerprint density at radius 1 is 1.30 bits per heavy atom. The van der Waals surface area contributed by atoms with Gasteiger partial charge in [-0.15, -0.1) is 12.4 Å². The molecular weight excluding hydrogens is 280 g/mol. The van der Waals surface area contributed by atoms with Crippen molar-refractivity contribution in [1.29, 1.82) is 0 Å². The molecule has 120 valence electrons. The second kappa shape index (κ2) is 12.4. The van der Waals surface area contributed by atoms with E-state index in [-0.39, 0.29) is 24.4 Å². The number of amides is 1. The van der Waals surface area contributed by atoms with Crippen molar-refractivity contribution in [1.82, 2.24) is 5.32 Å². The zero-order valence-corrected chi connectivity index (χ0v) is 13.3. The Bertz CT molecular complexity index is 243. The average molecular weight is 309 g/mol. The van der Waals surface area contributed by atoms with Gasteiger partial charge in [-0.05, 0) is 12.8 Å². The summed E-state index contributed by atoms with van der Waals surface area (Å²) in [6.45, 7) is 1.52. The predicted molar refractivity (Wildman–Crippen MR) is 82.2 cm³/mol. The molecule has 0 aromatic heterocycles. The molecule has 5 nitrogen and oxygen atoms in total. The molecule has 1 aliphatic rings. The fourth-order valence-corrected chi connectivity index (χ4v) is 2.37. The minimum absolute atomic E-state index is 0. The number of carbonyl (C=O) groups is 1. The smallest absolute Gasteiger partial charge is 0.222 e. The van der Waals surface area contributed by atoms with Crippen LogP contribution in [0.2, 0.25) is 0 Å². The number of hydrogen-bond donors (Lipinski definition) is 2. The van der Waals surface area contributed by atoms with Gasteiger partial charge in [-0.25, -0.2) is 0 Å². The van der Waals surface area contributed by atoms with Crippen LogP contribution in [0, 0.1) is 0 Å². The third kappa shape index (κ3) is 8.74. The highest BCUT2D eigenvalue weighted by Gasteiger charge is 2.13. The van der Waals surface area contributed by atoms with Gasteiger partial charge in [0.2, 0.25) is 5.91 Å². The second-order valence-corrected chi connectivity index (χ2v) is 5.13. The second-order valence-electron chi connectivity index (χ2n) is 5.13. The lowest BCUT2D eigenvalue weighted by Gasteiger charge is -2.16. The summed E-state index contributed by atoms with van der Waals surface area (Å²) in [4.78, 5) is 11.6. The largest absolute Gasteiger partial charge is 0.380 e. The summed E-state index contributed by atoms with van der Waals surface area (Å²) in [6.07, 6.45) is 8.02. The summed E-state index contributed by atoms with van der Waals surface area (Å²) in [5.41, 5.74) is 5.47. The van der Waals surface area contributed by atoms with Crippen LogP contribution in [0.25, 0.3) is 0 Å². The minimum atomic E-state index is -0.192. The van der Waals surface area contributed by atoms with E-state index in [9.17, 15) is 4.79 Å². The molecule has 20 heavy (non-hydrogen) atoms. The van der Waals surface area contributed by atoms with Crippen molar-refractivity contribution >= 4 is 18.3 Å². The molecule has 0 bridgehead atoms. The molecule has 1 fully saturated rings.